The Hall–Kier alpha value is -1.69. The van der Waals surface area contributed by atoms with Gasteiger partial charge >= 0.3 is 0 Å². The maximum Gasteiger partial charge on any atom is 0.234 e. The van der Waals surface area contributed by atoms with Crippen LogP contribution in [0.25, 0.3) is 0 Å². The first kappa shape index (κ1) is 15.6. The zero-order chi connectivity index (χ0) is 16.8. The van der Waals surface area contributed by atoms with Gasteiger partial charge in [-0.05, 0) is 32.1 Å². The summed E-state index contributed by atoms with van der Waals surface area (Å²) in [6.45, 7) is 2.53. The molecule has 5 aliphatic rings. The zero-order valence-electron chi connectivity index (χ0n) is 14.7. The van der Waals surface area contributed by atoms with E-state index in [0.717, 1.165) is 31.7 Å². The number of carbonyl (C=O) groups excluding carboxylic acids is 1. The summed E-state index contributed by atoms with van der Waals surface area (Å²) in [5, 5.41) is 3.22. The number of carbonyl (C=O) groups is 1. The lowest BCUT2D eigenvalue weighted by Crippen LogP contribution is -2.70. The second-order valence-corrected chi connectivity index (χ2v) is 8.24. The summed E-state index contributed by atoms with van der Waals surface area (Å²) in [5.41, 5.74) is 1.21. The minimum absolute atomic E-state index is 0.216. The Labute approximate surface area is 149 Å². The number of nitrogens with one attached hydrogen (secondary N) is 1. The first-order valence-electron chi connectivity index (χ1n) is 9.88. The quantitative estimate of drug-likeness (QED) is 0.883. The largest absolute Gasteiger partial charge is 0.353 e. The van der Waals surface area contributed by atoms with Gasteiger partial charge < -0.3 is 10.2 Å². The fraction of sp³-hybridized carbons (Fsp3) is 0.737. The average Bonchev–Trinajstić information content (AvgIpc) is 3.38. The van der Waals surface area contributed by atoms with E-state index in [1.165, 1.54) is 37.8 Å². The summed E-state index contributed by atoms with van der Waals surface area (Å²) in [4.78, 5) is 26.0. The number of piperazine rings is 1. The SMILES string of the molecule is O=C(CN1C2CC1CN(c1cc(C3CC3)ncn1)C2)NC1CCCC1. The van der Waals surface area contributed by atoms with E-state index in [1.54, 1.807) is 6.33 Å². The van der Waals surface area contributed by atoms with Crippen LogP contribution in [0.2, 0.25) is 0 Å². The Morgan fingerprint density at radius 3 is 2.60 bits per heavy atom. The number of nitrogens with zero attached hydrogens (tertiary/aromatic N) is 4. The molecule has 3 saturated heterocycles. The summed E-state index contributed by atoms with van der Waals surface area (Å²) in [6, 6.07) is 3.59. The molecule has 4 heterocycles. The number of aromatic nitrogens is 2. The van der Waals surface area contributed by atoms with Crippen molar-refractivity contribution in [2.75, 3.05) is 24.5 Å². The molecule has 2 atom stereocenters. The topological polar surface area (TPSA) is 61.4 Å². The number of rotatable bonds is 5. The van der Waals surface area contributed by atoms with Gasteiger partial charge in [-0.1, -0.05) is 12.8 Å². The van der Waals surface area contributed by atoms with Gasteiger partial charge in [-0.2, -0.15) is 0 Å². The Balaban J connectivity index is 1.17. The minimum Gasteiger partial charge on any atom is -0.353 e. The predicted molar refractivity (Wildman–Crippen MR) is 95.5 cm³/mol. The van der Waals surface area contributed by atoms with Crippen molar-refractivity contribution in [2.45, 2.75) is 69.0 Å². The second-order valence-electron chi connectivity index (χ2n) is 8.24. The van der Waals surface area contributed by atoms with Gasteiger partial charge in [0.05, 0.1) is 6.54 Å². The van der Waals surface area contributed by atoms with Crippen LogP contribution in [0.5, 0.6) is 0 Å². The van der Waals surface area contributed by atoms with Gasteiger partial charge in [0.25, 0.3) is 0 Å². The number of fused-ring (bicyclic) bond motifs is 2. The lowest BCUT2D eigenvalue weighted by atomic mass is 9.87. The highest BCUT2D eigenvalue weighted by Crippen LogP contribution is 2.40. The summed E-state index contributed by atoms with van der Waals surface area (Å²) in [6.07, 6.45) is 10.3. The molecule has 3 aliphatic heterocycles. The standard InChI is InChI=1S/C19H27N5O/c25-19(22-14-3-1-2-4-14)11-24-15-7-16(24)10-23(9-15)18-8-17(13-5-6-13)20-12-21-18/h8,12-16H,1-7,9-11H2,(H,22,25). The third-order valence-electron chi connectivity index (χ3n) is 6.38. The molecule has 6 heteroatoms. The van der Waals surface area contributed by atoms with Gasteiger partial charge in [-0.25, -0.2) is 9.97 Å². The van der Waals surface area contributed by atoms with E-state index in [-0.39, 0.29) is 5.91 Å². The molecule has 1 aromatic heterocycles. The molecule has 6 rings (SSSR count). The van der Waals surface area contributed by atoms with Crippen LogP contribution in [0.4, 0.5) is 5.82 Å². The smallest absolute Gasteiger partial charge is 0.234 e. The Kier molecular flexibility index (Phi) is 3.88. The van der Waals surface area contributed by atoms with Crippen LogP contribution in [-0.4, -0.2) is 58.5 Å². The lowest BCUT2D eigenvalue weighted by molar-refractivity contribution is -0.127. The minimum atomic E-state index is 0.216. The molecular weight excluding hydrogens is 314 g/mol. The third kappa shape index (κ3) is 3.12. The van der Waals surface area contributed by atoms with Crippen molar-refractivity contribution in [3.8, 4) is 0 Å². The van der Waals surface area contributed by atoms with E-state index in [0.29, 0.717) is 30.6 Å². The van der Waals surface area contributed by atoms with Crippen LogP contribution in [0.1, 0.15) is 56.6 Å². The van der Waals surface area contributed by atoms with E-state index < -0.39 is 0 Å². The molecule has 1 aromatic rings. The molecule has 1 amide bonds. The molecule has 2 bridgehead atoms. The van der Waals surface area contributed by atoms with Gasteiger partial charge in [0.15, 0.2) is 0 Å². The van der Waals surface area contributed by atoms with E-state index in [1.807, 2.05) is 0 Å². The second kappa shape index (κ2) is 6.24. The van der Waals surface area contributed by atoms with Crippen molar-refractivity contribution in [1.29, 1.82) is 0 Å². The van der Waals surface area contributed by atoms with E-state index in [9.17, 15) is 4.79 Å². The maximum atomic E-state index is 12.3. The van der Waals surface area contributed by atoms with Crippen molar-refractivity contribution in [3.05, 3.63) is 18.1 Å². The Bertz CT molecular complexity index is 643. The van der Waals surface area contributed by atoms with Crippen LogP contribution in [0.15, 0.2) is 12.4 Å². The fourth-order valence-electron chi connectivity index (χ4n) is 4.78. The molecule has 0 spiro atoms. The van der Waals surface area contributed by atoms with Crippen molar-refractivity contribution < 1.29 is 4.79 Å². The van der Waals surface area contributed by atoms with E-state index >= 15 is 0 Å². The molecule has 2 saturated carbocycles. The highest BCUT2D eigenvalue weighted by atomic mass is 16.2. The van der Waals surface area contributed by atoms with Gasteiger partial charge in [0.2, 0.25) is 5.91 Å². The van der Waals surface area contributed by atoms with E-state index in [4.69, 9.17) is 0 Å². The van der Waals surface area contributed by atoms with Crippen LogP contribution in [0, 0.1) is 0 Å². The molecule has 2 aliphatic carbocycles. The number of hydrogen-bond acceptors (Lipinski definition) is 5. The van der Waals surface area contributed by atoms with Crippen LogP contribution < -0.4 is 10.2 Å². The lowest BCUT2D eigenvalue weighted by Gasteiger charge is -2.56. The zero-order valence-corrected chi connectivity index (χ0v) is 14.7. The molecule has 2 unspecified atom stereocenters. The number of hydrogen-bond donors (Lipinski definition) is 1. The van der Waals surface area contributed by atoms with Crippen LogP contribution in [-0.2, 0) is 4.79 Å². The van der Waals surface area contributed by atoms with Crippen molar-refractivity contribution >= 4 is 11.7 Å². The molecule has 25 heavy (non-hydrogen) atoms. The number of piperidine rings is 1. The van der Waals surface area contributed by atoms with Crippen molar-refractivity contribution in [2.24, 2.45) is 0 Å². The monoisotopic (exact) mass is 341 g/mol. The maximum absolute atomic E-state index is 12.3. The molecule has 134 valence electrons. The molecule has 6 nitrogen and oxygen atoms in total. The van der Waals surface area contributed by atoms with Crippen LogP contribution >= 0.6 is 0 Å². The molecular formula is C19H27N5O. The average molecular weight is 341 g/mol. The normalized spacial score (nSPS) is 29.5. The summed E-state index contributed by atoms with van der Waals surface area (Å²) in [5.74, 6) is 1.95. The third-order valence-corrected chi connectivity index (χ3v) is 6.38. The van der Waals surface area contributed by atoms with Crippen molar-refractivity contribution in [1.82, 2.24) is 20.2 Å². The van der Waals surface area contributed by atoms with Gasteiger partial charge in [-0.15, -0.1) is 0 Å². The summed E-state index contributed by atoms with van der Waals surface area (Å²) >= 11 is 0. The highest BCUT2D eigenvalue weighted by molar-refractivity contribution is 5.78. The Morgan fingerprint density at radius 2 is 1.88 bits per heavy atom. The van der Waals surface area contributed by atoms with Gasteiger partial charge in [0.1, 0.15) is 12.1 Å². The molecule has 5 fully saturated rings. The first-order chi connectivity index (χ1) is 12.3. The first-order valence-corrected chi connectivity index (χ1v) is 9.88. The van der Waals surface area contributed by atoms with Gasteiger partial charge in [-0.3, -0.25) is 9.69 Å². The van der Waals surface area contributed by atoms with Crippen molar-refractivity contribution in [3.63, 3.8) is 0 Å². The highest BCUT2D eigenvalue weighted by Gasteiger charge is 2.45. The summed E-state index contributed by atoms with van der Waals surface area (Å²) < 4.78 is 0. The summed E-state index contributed by atoms with van der Waals surface area (Å²) in [7, 11) is 0. The molecule has 1 N–H and O–H groups in total. The van der Waals surface area contributed by atoms with Crippen LogP contribution in [0.3, 0.4) is 0 Å². The molecule has 0 radical (unpaired) electrons. The van der Waals surface area contributed by atoms with E-state index in [2.05, 4.69) is 31.2 Å². The predicted octanol–water partition coefficient (Wildman–Crippen LogP) is 1.68. The Morgan fingerprint density at radius 1 is 1.12 bits per heavy atom. The fourth-order valence-corrected chi connectivity index (χ4v) is 4.78. The molecule has 0 aromatic carbocycles. The number of amides is 1. The van der Waals surface area contributed by atoms with Gasteiger partial charge in [0, 0.05) is 48.9 Å². The number of anilines is 1.